The van der Waals surface area contributed by atoms with E-state index in [-0.39, 0.29) is 22.0 Å². The molecule has 1 atom stereocenters. The Labute approximate surface area is 212 Å². The maximum atomic E-state index is 13.9. The molecule has 192 valence electrons. The van der Waals surface area contributed by atoms with Crippen LogP contribution in [0.5, 0.6) is 11.5 Å². The second-order valence-corrected chi connectivity index (χ2v) is 9.02. The van der Waals surface area contributed by atoms with Crippen LogP contribution >= 0.6 is 11.5 Å². The molecule has 2 aromatic heterocycles. The zero-order valence-electron chi connectivity index (χ0n) is 20.4. The largest absolute Gasteiger partial charge is 0.493 e. The van der Waals surface area contributed by atoms with Gasteiger partial charge in [0.2, 0.25) is 0 Å². The highest BCUT2D eigenvalue weighted by Gasteiger charge is 2.38. The normalized spacial score (nSPS) is 11.7. The van der Waals surface area contributed by atoms with E-state index in [0.29, 0.717) is 41.2 Å². The van der Waals surface area contributed by atoms with Crippen LogP contribution in [0.25, 0.3) is 0 Å². The van der Waals surface area contributed by atoms with E-state index in [1.807, 2.05) is 13.8 Å². The van der Waals surface area contributed by atoms with Gasteiger partial charge in [0.25, 0.3) is 17.7 Å². The Balaban J connectivity index is 2.16. The summed E-state index contributed by atoms with van der Waals surface area (Å²) >= 11 is 0.716. The van der Waals surface area contributed by atoms with E-state index in [0.717, 1.165) is 6.42 Å². The summed E-state index contributed by atoms with van der Waals surface area (Å²) in [6.45, 7) is 4.48. The molecule has 0 unspecified atom stereocenters. The first-order valence-corrected chi connectivity index (χ1v) is 11.9. The molecule has 0 bridgehead atoms. The van der Waals surface area contributed by atoms with Crippen molar-refractivity contribution in [3.63, 3.8) is 0 Å². The van der Waals surface area contributed by atoms with Gasteiger partial charge in [-0.25, -0.2) is 0 Å². The van der Waals surface area contributed by atoms with Gasteiger partial charge in [-0.2, -0.15) is 4.37 Å². The van der Waals surface area contributed by atoms with Gasteiger partial charge >= 0.3 is 0 Å². The fraction of sp³-hybridized carbons (Fsp3) is 0.333. The molecule has 2 heterocycles. The summed E-state index contributed by atoms with van der Waals surface area (Å²) in [7, 11) is 2.94. The number of nitrogen functional groups attached to an aromatic ring is 1. The third-order valence-electron chi connectivity index (χ3n) is 5.36. The number of aromatic nitrogens is 1. The third kappa shape index (κ3) is 5.60. The van der Waals surface area contributed by atoms with Gasteiger partial charge < -0.3 is 30.7 Å². The van der Waals surface area contributed by atoms with Crippen molar-refractivity contribution in [2.75, 3.05) is 31.4 Å². The Hall–Kier alpha value is -4.06. The lowest BCUT2D eigenvalue weighted by Gasteiger charge is -2.30. The molecule has 0 radical (unpaired) electrons. The molecule has 1 aromatic carbocycles. The molecule has 3 amide bonds. The van der Waals surface area contributed by atoms with E-state index in [4.69, 9.17) is 25.4 Å². The highest BCUT2D eigenvalue weighted by atomic mass is 32.1. The number of benzene rings is 1. The molecule has 11 nitrogen and oxygen atoms in total. The number of furan rings is 1. The first-order valence-electron chi connectivity index (χ1n) is 11.1. The van der Waals surface area contributed by atoms with Crippen LogP contribution in [0.1, 0.15) is 52.2 Å². The van der Waals surface area contributed by atoms with Gasteiger partial charge in [-0.1, -0.05) is 13.8 Å². The molecule has 0 fully saturated rings. The Morgan fingerprint density at radius 1 is 1.17 bits per heavy atom. The zero-order valence-corrected chi connectivity index (χ0v) is 21.3. The van der Waals surface area contributed by atoms with E-state index in [1.165, 1.54) is 25.4 Å². The molecular formula is C24H29N5O6S. The predicted molar refractivity (Wildman–Crippen MR) is 135 cm³/mol. The van der Waals surface area contributed by atoms with Crippen molar-refractivity contribution in [3.05, 3.63) is 52.9 Å². The summed E-state index contributed by atoms with van der Waals surface area (Å²) in [5, 5.41) is 2.88. The van der Waals surface area contributed by atoms with Gasteiger partial charge in [-0.3, -0.25) is 19.3 Å². The smallest absolute Gasteiger partial charge is 0.273 e. The second kappa shape index (κ2) is 11.6. The minimum Gasteiger partial charge on any atom is -0.493 e. The van der Waals surface area contributed by atoms with Crippen molar-refractivity contribution in [2.45, 2.75) is 26.3 Å². The minimum absolute atomic E-state index is 0.0508. The average molecular weight is 516 g/mol. The number of anilines is 2. The average Bonchev–Trinajstić information content (AvgIpc) is 3.51. The number of methoxy groups -OCH3 is 2. The number of hydrogen-bond acceptors (Lipinski definition) is 9. The number of primary amides is 1. The first-order chi connectivity index (χ1) is 17.2. The number of nitrogens with zero attached hydrogens (tertiary/aromatic N) is 2. The predicted octanol–water partition coefficient (Wildman–Crippen LogP) is 2.98. The van der Waals surface area contributed by atoms with Crippen LogP contribution in [0.3, 0.4) is 0 Å². The van der Waals surface area contributed by atoms with Gasteiger partial charge in [-0.15, -0.1) is 0 Å². The van der Waals surface area contributed by atoms with E-state index >= 15 is 0 Å². The number of nitrogens with one attached hydrogen (secondary N) is 1. The van der Waals surface area contributed by atoms with Gasteiger partial charge in [0, 0.05) is 18.3 Å². The highest BCUT2D eigenvalue weighted by Crippen LogP contribution is 2.37. The lowest BCUT2D eigenvalue weighted by Crippen LogP contribution is -2.44. The molecule has 0 spiro atoms. The Morgan fingerprint density at radius 2 is 1.89 bits per heavy atom. The number of nitrogens with two attached hydrogens (primary N) is 2. The van der Waals surface area contributed by atoms with Gasteiger partial charge in [-0.05, 0) is 48.1 Å². The van der Waals surface area contributed by atoms with Crippen LogP contribution < -0.4 is 31.2 Å². The van der Waals surface area contributed by atoms with E-state index in [1.54, 1.807) is 30.3 Å². The maximum Gasteiger partial charge on any atom is 0.273 e. The van der Waals surface area contributed by atoms with Crippen molar-refractivity contribution in [1.82, 2.24) is 9.69 Å². The van der Waals surface area contributed by atoms with Gasteiger partial charge in [0.15, 0.2) is 23.2 Å². The number of carbonyl (C=O) groups excluding carboxylic acids is 3. The monoisotopic (exact) mass is 515 g/mol. The number of rotatable bonds is 11. The Bertz CT molecular complexity index is 1220. The summed E-state index contributed by atoms with van der Waals surface area (Å²) < 4.78 is 20.2. The zero-order chi connectivity index (χ0) is 26.4. The second-order valence-electron chi connectivity index (χ2n) is 8.24. The molecule has 5 N–H and O–H groups in total. The summed E-state index contributed by atoms with van der Waals surface area (Å²) in [6, 6.07) is 6.76. The fourth-order valence-corrected chi connectivity index (χ4v) is 4.24. The highest BCUT2D eigenvalue weighted by molar-refractivity contribution is 7.09. The molecule has 0 aliphatic carbocycles. The summed E-state index contributed by atoms with van der Waals surface area (Å²) in [5.41, 5.74) is 11.3. The van der Waals surface area contributed by atoms with Crippen LogP contribution in [0, 0.1) is 5.92 Å². The standard InChI is InChI=1S/C24H29N5O6S/c1-13(2)9-10-27-23(31)20(16-6-5-11-35-16)29(14-7-8-15(33-3)17(12-14)34-4)24(32)21-18(25)19(22(26)30)28-36-21/h5-8,11-13,20H,9-10,25H2,1-4H3,(H2,26,30)(H,27,31)/t20-/m0/s1. The topological polar surface area (TPSA) is 163 Å². The van der Waals surface area contributed by atoms with Crippen LogP contribution in [0.4, 0.5) is 11.4 Å². The van der Waals surface area contributed by atoms with Crippen LogP contribution in [-0.4, -0.2) is 42.9 Å². The van der Waals surface area contributed by atoms with Crippen LogP contribution in [-0.2, 0) is 4.79 Å². The molecule has 0 aliphatic rings. The van der Waals surface area contributed by atoms with Gasteiger partial charge in [0.1, 0.15) is 10.6 Å². The summed E-state index contributed by atoms with van der Waals surface area (Å²) in [5.74, 6) is -0.663. The van der Waals surface area contributed by atoms with Gasteiger partial charge in [0.05, 0.1) is 26.2 Å². The number of ether oxygens (including phenoxy) is 2. The Morgan fingerprint density at radius 3 is 2.44 bits per heavy atom. The van der Waals surface area contributed by atoms with Crippen molar-refractivity contribution >= 4 is 40.6 Å². The molecule has 3 aromatic rings. The fourth-order valence-electron chi connectivity index (χ4n) is 3.50. The van der Waals surface area contributed by atoms with Crippen LogP contribution in [0.15, 0.2) is 41.0 Å². The Kier molecular flexibility index (Phi) is 8.54. The quantitative estimate of drug-likeness (QED) is 0.351. The van der Waals surface area contributed by atoms with E-state index in [9.17, 15) is 14.4 Å². The lowest BCUT2D eigenvalue weighted by atomic mass is 10.1. The molecule has 0 saturated heterocycles. The van der Waals surface area contributed by atoms with Crippen molar-refractivity contribution in [3.8, 4) is 11.5 Å². The molecule has 12 heteroatoms. The van der Waals surface area contributed by atoms with Crippen molar-refractivity contribution in [2.24, 2.45) is 11.7 Å². The molecule has 0 aliphatic heterocycles. The van der Waals surface area contributed by atoms with Crippen LogP contribution in [0.2, 0.25) is 0 Å². The summed E-state index contributed by atoms with van der Waals surface area (Å²) in [4.78, 5) is 40.3. The van der Waals surface area contributed by atoms with Crippen molar-refractivity contribution < 1.29 is 28.3 Å². The summed E-state index contributed by atoms with van der Waals surface area (Å²) in [6.07, 6.45) is 2.15. The molecule has 0 saturated carbocycles. The van der Waals surface area contributed by atoms with E-state index < -0.39 is 23.8 Å². The molecule has 36 heavy (non-hydrogen) atoms. The van der Waals surface area contributed by atoms with Crippen molar-refractivity contribution in [1.29, 1.82) is 0 Å². The first kappa shape index (κ1) is 26.5. The number of amides is 3. The third-order valence-corrected chi connectivity index (χ3v) is 6.21. The van der Waals surface area contributed by atoms with E-state index in [2.05, 4.69) is 9.69 Å². The number of carbonyl (C=O) groups is 3. The maximum absolute atomic E-state index is 13.9. The lowest BCUT2D eigenvalue weighted by molar-refractivity contribution is -0.122. The molecule has 3 rings (SSSR count). The minimum atomic E-state index is -1.21. The SMILES string of the molecule is COc1ccc(N(C(=O)c2snc(C(N)=O)c2N)[C@H](C(=O)NCCC(C)C)c2ccco2)cc1OC. The number of hydrogen-bond donors (Lipinski definition) is 3. The molecular weight excluding hydrogens is 486 g/mol.